The molecule has 11 nitrogen and oxygen atoms in total. The third-order valence-electron chi connectivity index (χ3n) is 9.13. The van der Waals surface area contributed by atoms with E-state index in [-0.39, 0.29) is 54.0 Å². The van der Waals surface area contributed by atoms with E-state index in [1.54, 1.807) is 6.20 Å². The summed E-state index contributed by atoms with van der Waals surface area (Å²) in [5.74, 6) is 0.355. The first-order chi connectivity index (χ1) is 17.3. The number of carbonyl (C=O) groups excluding carboxylic acids is 1. The molecular weight excluding hydrogens is 484 g/mol. The molecule has 0 radical (unpaired) electrons. The molecule has 0 aliphatic carbocycles. The Morgan fingerprint density at radius 2 is 2.06 bits per heavy atom. The molecule has 5 aliphatic rings. The largest absolute Gasteiger partial charge is 0.391 e. The number of likely N-dealkylation sites (tertiary alicyclic amines) is 1. The van der Waals surface area contributed by atoms with Gasteiger partial charge in [-0.2, -0.15) is 0 Å². The molecule has 1 amide bonds. The van der Waals surface area contributed by atoms with Crippen LogP contribution in [0.5, 0.6) is 0 Å². The summed E-state index contributed by atoms with van der Waals surface area (Å²) in [5, 5.41) is 14.1. The third kappa shape index (κ3) is 3.92. The second-order valence-electron chi connectivity index (χ2n) is 11.1. The van der Waals surface area contributed by atoms with E-state index < -0.39 is 0 Å². The van der Waals surface area contributed by atoms with Crippen LogP contribution >= 0.6 is 11.6 Å². The second-order valence-corrected chi connectivity index (χ2v) is 11.5. The number of hydrogen-bond donors (Lipinski definition) is 5. The summed E-state index contributed by atoms with van der Waals surface area (Å²) < 4.78 is 5.87. The Morgan fingerprint density at radius 1 is 1.28 bits per heavy atom. The molecule has 5 saturated heterocycles. The van der Waals surface area contributed by atoms with Gasteiger partial charge in [0.05, 0.1) is 42.0 Å². The molecule has 5 aliphatic heterocycles. The average Bonchev–Trinajstić information content (AvgIpc) is 3.57. The van der Waals surface area contributed by atoms with Gasteiger partial charge < -0.3 is 25.4 Å². The molecule has 0 aromatic carbocycles. The van der Waals surface area contributed by atoms with Gasteiger partial charge in [0.15, 0.2) is 0 Å². The van der Waals surface area contributed by atoms with Gasteiger partial charge >= 0.3 is 0 Å². The molecule has 12 heteroatoms. The molecule has 4 unspecified atom stereocenters. The van der Waals surface area contributed by atoms with Crippen molar-refractivity contribution in [3.05, 3.63) is 22.8 Å². The summed E-state index contributed by atoms with van der Waals surface area (Å²) in [7, 11) is 1.87. The Bertz CT molecular complexity index is 1010. The van der Waals surface area contributed by atoms with Gasteiger partial charge in [-0.1, -0.05) is 11.6 Å². The van der Waals surface area contributed by atoms with Gasteiger partial charge in [-0.05, 0) is 37.8 Å². The number of β-amino-alcohol motifs (C(OH)–C–C–N with tert-alkyl or cyclic N) is 1. The fraction of sp³-hybridized carbons (Fsp3) is 0.750. The molecule has 198 valence electrons. The maximum atomic E-state index is 13.7. The quantitative estimate of drug-likeness (QED) is 0.358. The van der Waals surface area contributed by atoms with Crippen LogP contribution in [0.25, 0.3) is 0 Å². The number of amides is 1. The van der Waals surface area contributed by atoms with Crippen LogP contribution in [0, 0.1) is 11.3 Å². The van der Waals surface area contributed by atoms with E-state index in [2.05, 4.69) is 33.0 Å². The van der Waals surface area contributed by atoms with Gasteiger partial charge in [0.25, 0.3) is 0 Å². The third-order valence-corrected chi connectivity index (χ3v) is 9.51. The maximum Gasteiger partial charge on any atom is 0.232 e. The number of fused-ring (bicyclic) bond motifs is 1. The number of rotatable bonds is 3. The van der Waals surface area contributed by atoms with Crippen LogP contribution in [0.4, 0.5) is 5.82 Å². The number of aromatic nitrogens is 1. The molecule has 1 spiro atoms. The molecule has 7 atom stereocenters. The van der Waals surface area contributed by atoms with Crippen LogP contribution in [-0.4, -0.2) is 96.3 Å². The zero-order valence-corrected chi connectivity index (χ0v) is 21.6. The summed E-state index contributed by atoms with van der Waals surface area (Å²) in [5.41, 5.74) is 14.0. The van der Waals surface area contributed by atoms with Crippen molar-refractivity contribution in [2.75, 3.05) is 44.7 Å². The van der Waals surface area contributed by atoms with Gasteiger partial charge in [-0.15, -0.1) is 0 Å². The summed E-state index contributed by atoms with van der Waals surface area (Å²) in [4.78, 5) is 24.4. The number of anilines is 1. The van der Waals surface area contributed by atoms with E-state index >= 15 is 0 Å². The van der Waals surface area contributed by atoms with E-state index in [9.17, 15) is 9.90 Å². The minimum absolute atomic E-state index is 0.0368. The van der Waals surface area contributed by atoms with Crippen LogP contribution in [0.1, 0.15) is 37.8 Å². The minimum Gasteiger partial charge on any atom is -0.391 e. The van der Waals surface area contributed by atoms with Crippen LogP contribution in [0.15, 0.2) is 12.3 Å². The summed E-state index contributed by atoms with van der Waals surface area (Å²) >= 11 is 6.84. The number of hydrogen-bond acceptors (Lipinski definition) is 10. The topological polar surface area (TPSA) is 131 Å². The van der Waals surface area contributed by atoms with E-state index in [0.717, 1.165) is 38.1 Å². The number of aliphatic hydroxyl groups is 1. The first kappa shape index (κ1) is 24.7. The zero-order valence-electron chi connectivity index (χ0n) is 20.9. The lowest BCUT2D eigenvalue weighted by Gasteiger charge is -2.49. The van der Waals surface area contributed by atoms with Gasteiger partial charge in [0.1, 0.15) is 12.1 Å². The van der Waals surface area contributed by atoms with E-state index in [1.807, 2.05) is 22.9 Å². The number of ether oxygens (including phenoxy) is 1. The molecular formula is C24H37ClN8O3. The highest BCUT2D eigenvalue weighted by Crippen LogP contribution is 2.43. The summed E-state index contributed by atoms with van der Waals surface area (Å²) in [6, 6.07) is 1.63. The van der Waals surface area contributed by atoms with Gasteiger partial charge in [0, 0.05) is 50.9 Å². The number of hydrazine groups is 1. The number of pyridine rings is 1. The number of nitrogens with zero attached hydrogens (tertiary/aromatic N) is 4. The van der Waals surface area contributed by atoms with Crippen molar-refractivity contribution in [2.45, 2.75) is 62.9 Å². The van der Waals surface area contributed by atoms with Crippen LogP contribution in [0.2, 0.25) is 5.02 Å². The normalized spacial score (nSPS) is 38.8. The number of piperidine rings is 1. The Kier molecular flexibility index (Phi) is 6.41. The fourth-order valence-corrected chi connectivity index (χ4v) is 7.11. The van der Waals surface area contributed by atoms with Gasteiger partial charge in [-0.25, -0.2) is 15.8 Å². The lowest BCUT2D eigenvalue weighted by molar-refractivity contribution is -0.151. The maximum absolute atomic E-state index is 13.7. The van der Waals surface area contributed by atoms with E-state index in [1.165, 1.54) is 0 Å². The Labute approximate surface area is 216 Å². The van der Waals surface area contributed by atoms with Crippen molar-refractivity contribution < 1.29 is 14.6 Å². The molecule has 0 bridgehead atoms. The average molecular weight is 521 g/mol. The SMILES string of the molecule is C[C@@H]1OCC2(CCN(C3NC4NNC(c5ccnc(N6CC[C@@H](O)C6)c5Cl)C4C(=O)N3C)CC2)[C@@H]1N. The molecule has 0 saturated carbocycles. The van der Waals surface area contributed by atoms with Crippen molar-refractivity contribution in [1.29, 1.82) is 0 Å². The highest BCUT2D eigenvalue weighted by molar-refractivity contribution is 6.33. The lowest BCUT2D eigenvalue weighted by Crippen LogP contribution is -2.70. The number of halogens is 1. The first-order valence-electron chi connectivity index (χ1n) is 13.0. The van der Waals surface area contributed by atoms with Crippen LogP contribution in [0.3, 0.4) is 0 Å². The highest BCUT2D eigenvalue weighted by Gasteiger charge is 2.53. The van der Waals surface area contributed by atoms with Crippen LogP contribution < -0.4 is 26.8 Å². The van der Waals surface area contributed by atoms with Crippen molar-refractivity contribution in [2.24, 2.45) is 17.1 Å². The zero-order chi connectivity index (χ0) is 25.2. The highest BCUT2D eigenvalue weighted by atomic mass is 35.5. The molecule has 6 rings (SSSR count). The Balaban J connectivity index is 1.17. The number of carbonyl (C=O) groups is 1. The number of aliphatic hydroxyl groups excluding tert-OH is 1. The molecule has 1 aromatic rings. The molecule has 1 aromatic heterocycles. The standard InChI is InChI=1S/C24H37ClN8O3/c1-13-19(26)24(12-36-13)5-9-32(10-6-24)23-28-20-16(22(35)31(23)2)18(29-30-20)15-3-7-27-21(17(15)25)33-8-4-14(34)11-33/h3,7,13-14,16,18-20,23,28-30,34H,4-6,8-12,26H2,1-2H3/t13-,14+,16?,18?,19+,20?,23?/m0/s1. The first-order valence-corrected chi connectivity index (χ1v) is 13.4. The van der Waals surface area contributed by atoms with Crippen molar-refractivity contribution in [3.63, 3.8) is 0 Å². The Hall–Kier alpha value is -1.57. The molecule has 5 fully saturated rings. The monoisotopic (exact) mass is 520 g/mol. The number of nitrogens with one attached hydrogen (secondary N) is 3. The van der Waals surface area contributed by atoms with Gasteiger partial charge in [-0.3, -0.25) is 15.0 Å². The molecule has 36 heavy (non-hydrogen) atoms. The Morgan fingerprint density at radius 3 is 2.72 bits per heavy atom. The van der Waals surface area contributed by atoms with E-state index in [0.29, 0.717) is 30.4 Å². The second kappa shape index (κ2) is 9.32. The minimum atomic E-state index is -0.373. The lowest BCUT2D eigenvalue weighted by atomic mass is 9.73. The summed E-state index contributed by atoms with van der Waals surface area (Å²) in [6.45, 7) is 5.71. The smallest absolute Gasteiger partial charge is 0.232 e. The summed E-state index contributed by atoms with van der Waals surface area (Å²) in [6.07, 6.45) is 3.63. The fourth-order valence-electron chi connectivity index (χ4n) is 6.76. The van der Waals surface area contributed by atoms with Crippen molar-refractivity contribution in [1.82, 2.24) is 31.0 Å². The van der Waals surface area contributed by atoms with Crippen molar-refractivity contribution in [3.8, 4) is 0 Å². The molecule has 6 N–H and O–H groups in total. The number of nitrogens with two attached hydrogens (primary N) is 1. The van der Waals surface area contributed by atoms with Crippen LogP contribution in [-0.2, 0) is 9.53 Å². The molecule has 6 heterocycles. The van der Waals surface area contributed by atoms with Crippen molar-refractivity contribution >= 4 is 23.3 Å². The predicted molar refractivity (Wildman–Crippen MR) is 135 cm³/mol. The van der Waals surface area contributed by atoms with E-state index in [4.69, 9.17) is 22.1 Å². The van der Waals surface area contributed by atoms with Gasteiger partial charge in [0.2, 0.25) is 5.91 Å². The predicted octanol–water partition coefficient (Wildman–Crippen LogP) is -0.429.